The maximum atomic E-state index is 11.5. The van der Waals surface area contributed by atoms with Crippen molar-refractivity contribution in [1.82, 2.24) is 5.32 Å². The summed E-state index contributed by atoms with van der Waals surface area (Å²) in [7, 11) is 0. The van der Waals surface area contributed by atoms with Crippen LogP contribution in [0.15, 0.2) is 22.8 Å². The number of carbonyl (C=O) groups is 1. The van der Waals surface area contributed by atoms with E-state index in [1.165, 1.54) is 6.20 Å². The molecule has 0 unspecified atom stereocenters. The molecule has 0 bridgehead atoms. The molecule has 22 heavy (non-hydrogen) atoms. The minimum Gasteiger partial charge on any atom is -0.490 e. The molecule has 1 rings (SSSR count). The molecule has 0 radical (unpaired) electrons. The average Bonchev–Trinajstić information content (AvgIpc) is 2.39. The van der Waals surface area contributed by atoms with Crippen LogP contribution in [0, 0.1) is 0 Å². The number of alkyl carbamates (subject to hydrolysis) is 1. The molecule has 1 amide bonds. The smallest absolute Gasteiger partial charge is 0.411 e. The van der Waals surface area contributed by atoms with Crippen LogP contribution in [0.5, 0.6) is 5.75 Å². The Balaban J connectivity index is 2.80. The molecule has 7 heteroatoms. The van der Waals surface area contributed by atoms with Gasteiger partial charge in [-0.3, -0.25) is 5.32 Å². The van der Waals surface area contributed by atoms with Gasteiger partial charge in [-0.05, 0) is 54.9 Å². The second kappa shape index (κ2) is 8.41. The first-order valence-corrected chi connectivity index (χ1v) is 7.79. The molecule has 0 aliphatic heterocycles. The third-order valence-corrected chi connectivity index (χ3v) is 3.44. The van der Waals surface area contributed by atoms with E-state index in [0.717, 1.165) is 0 Å². The van der Waals surface area contributed by atoms with Gasteiger partial charge in [0.2, 0.25) is 0 Å². The summed E-state index contributed by atoms with van der Waals surface area (Å²) in [6, 6.07) is 3.37. The number of halogens is 2. The van der Waals surface area contributed by atoms with Crippen molar-refractivity contribution < 1.29 is 19.4 Å². The summed E-state index contributed by atoms with van der Waals surface area (Å²) in [6.45, 7) is 5.45. The molecule has 122 valence electrons. The Morgan fingerprint density at radius 2 is 2.14 bits per heavy atom. The van der Waals surface area contributed by atoms with Crippen molar-refractivity contribution >= 4 is 39.7 Å². The monoisotopic (exact) mass is 391 g/mol. The molecule has 1 aromatic carbocycles. The number of carbonyl (C=O) groups excluding carboxylic acids is 1. The summed E-state index contributed by atoms with van der Waals surface area (Å²) in [5.74, 6) is 0.551. The molecule has 0 atom stereocenters. The van der Waals surface area contributed by atoms with Crippen LogP contribution < -0.4 is 10.1 Å². The van der Waals surface area contributed by atoms with Crippen molar-refractivity contribution in [2.45, 2.75) is 26.4 Å². The van der Waals surface area contributed by atoms with Gasteiger partial charge in [-0.1, -0.05) is 11.6 Å². The highest BCUT2D eigenvalue weighted by Crippen LogP contribution is 2.34. The van der Waals surface area contributed by atoms with E-state index in [-0.39, 0.29) is 13.2 Å². The maximum Gasteiger partial charge on any atom is 0.411 e. The molecule has 1 aromatic rings. The normalized spacial score (nSPS) is 11.5. The van der Waals surface area contributed by atoms with Gasteiger partial charge in [0.15, 0.2) is 0 Å². The van der Waals surface area contributed by atoms with E-state index >= 15 is 0 Å². The topological polar surface area (TPSA) is 67.8 Å². The number of ether oxygens (including phenoxy) is 2. The molecular formula is C15H19BrClNO4. The van der Waals surface area contributed by atoms with Gasteiger partial charge < -0.3 is 14.6 Å². The number of aliphatic hydroxyl groups is 1. The van der Waals surface area contributed by atoms with E-state index in [9.17, 15) is 4.79 Å². The zero-order valence-corrected chi connectivity index (χ0v) is 15.0. The van der Waals surface area contributed by atoms with Crippen LogP contribution in [0.3, 0.4) is 0 Å². The Morgan fingerprint density at radius 1 is 1.45 bits per heavy atom. The zero-order valence-electron chi connectivity index (χ0n) is 12.7. The maximum absolute atomic E-state index is 11.5. The fourth-order valence-corrected chi connectivity index (χ4v) is 2.40. The Hall–Kier alpha value is -1.24. The highest BCUT2D eigenvalue weighted by molar-refractivity contribution is 9.10. The highest BCUT2D eigenvalue weighted by atomic mass is 79.9. The standard InChI is InChI=1S/C15H19BrClNO4/c1-15(2,3)22-14(20)18-7-6-10-11(17)4-5-12(13(10)16)21-9-8-19/h4-7,19H,8-9H2,1-3H3,(H,18,20)/b7-6+. The first kappa shape index (κ1) is 18.8. The molecule has 0 saturated carbocycles. The summed E-state index contributed by atoms with van der Waals surface area (Å²) in [4.78, 5) is 11.5. The fraction of sp³-hybridized carbons (Fsp3) is 0.400. The van der Waals surface area contributed by atoms with Gasteiger partial charge in [0.25, 0.3) is 0 Å². The quantitative estimate of drug-likeness (QED) is 0.795. The molecule has 0 fully saturated rings. The summed E-state index contributed by atoms with van der Waals surface area (Å²) >= 11 is 9.52. The van der Waals surface area contributed by atoms with Gasteiger partial charge in [0.1, 0.15) is 18.0 Å². The molecule has 5 nitrogen and oxygen atoms in total. The third kappa shape index (κ3) is 6.25. The first-order valence-electron chi connectivity index (χ1n) is 6.62. The highest BCUT2D eigenvalue weighted by Gasteiger charge is 2.15. The second-order valence-corrected chi connectivity index (χ2v) is 6.53. The van der Waals surface area contributed by atoms with Crippen molar-refractivity contribution in [2.24, 2.45) is 0 Å². The summed E-state index contributed by atoms with van der Waals surface area (Å²) in [6.07, 6.45) is 2.52. The minimum atomic E-state index is -0.561. The Labute approximate surface area is 143 Å². The molecule has 0 aliphatic carbocycles. The van der Waals surface area contributed by atoms with Gasteiger partial charge in [-0.25, -0.2) is 4.79 Å². The number of aliphatic hydroxyl groups excluding tert-OH is 1. The number of hydrogen-bond donors (Lipinski definition) is 2. The lowest BCUT2D eigenvalue weighted by molar-refractivity contribution is 0.0553. The lowest BCUT2D eigenvalue weighted by Gasteiger charge is -2.18. The molecule has 0 aliphatic rings. The van der Waals surface area contributed by atoms with E-state index in [4.69, 9.17) is 26.2 Å². The molecule has 0 heterocycles. The number of hydrogen-bond acceptors (Lipinski definition) is 4. The summed E-state index contributed by atoms with van der Waals surface area (Å²) in [5.41, 5.74) is 0.0851. The SMILES string of the molecule is CC(C)(C)OC(=O)N/C=C/c1c(Cl)ccc(OCCO)c1Br. The zero-order chi connectivity index (χ0) is 16.8. The predicted molar refractivity (Wildman–Crippen MR) is 90.1 cm³/mol. The number of benzene rings is 1. The number of nitrogens with one attached hydrogen (secondary N) is 1. The third-order valence-electron chi connectivity index (χ3n) is 2.29. The van der Waals surface area contributed by atoms with Crippen LogP contribution in [0.2, 0.25) is 5.02 Å². The second-order valence-electron chi connectivity index (χ2n) is 5.32. The van der Waals surface area contributed by atoms with Gasteiger partial charge in [-0.2, -0.15) is 0 Å². The largest absolute Gasteiger partial charge is 0.490 e. The Bertz CT molecular complexity index is 555. The first-order chi connectivity index (χ1) is 10.2. The van der Waals surface area contributed by atoms with Crippen LogP contribution in [-0.4, -0.2) is 30.0 Å². The predicted octanol–water partition coefficient (Wildman–Crippen LogP) is 3.97. The Kier molecular flexibility index (Phi) is 7.19. The van der Waals surface area contributed by atoms with Gasteiger partial charge >= 0.3 is 6.09 Å². The lowest BCUT2D eigenvalue weighted by atomic mass is 10.2. The van der Waals surface area contributed by atoms with Crippen molar-refractivity contribution in [1.29, 1.82) is 0 Å². The van der Waals surface area contributed by atoms with Crippen molar-refractivity contribution in [3.8, 4) is 5.75 Å². The fourth-order valence-electron chi connectivity index (χ4n) is 1.47. The molecule has 0 spiro atoms. The van der Waals surface area contributed by atoms with E-state index in [1.807, 2.05) is 0 Å². The van der Waals surface area contributed by atoms with Gasteiger partial charge in [-0.15, -0.1) is 0 Å². The lowest BCUT2D eigenvalue weighted by Crippen LogP contribution is -2.29. The Morgan fingerprint density at radius 3 is 2.73 bits per heavy atom. The molecule has 0 saturated heterocycles. The number of amides is 1. The van der Waals surface area contributed by atoms with Crippen molar-refractivity contribution in [3.63, 3.8) is 0 Å². The molecule has 2 N–H and O–H groups in total. The van der Waals surface area contributed by atoms with Crippen LogP contribution in [0.4, 0.5) is 4.79 Å². The van der Waals surface area contributed by atoms with Gasteiger partial charge in [0.05, 0.1) is 11.1 Å². The van der Waals surface area contributed by atoms with Crippen LogP contribution >= 0.6 is 27.5 Å². The van der Waals surface area contributed by atoms with E-state index in [0.29, 0.717) is 20.8 Å². The van der Waals surface area contributed by atoms with Crippen molar-refractivity contribution in [3.05, 3.63) is 33.4 Å². The van der Waals surface area contributed by atoms with Gasteiger partial charge in [0, 0.05) is 16.8 Å². The average molecular weight is 393 g/mol. The minimum absolute atomic E-state index is 0.0829. The number of rotatable bonds is 5. The van der Waals surface area contributed by atoms with E-state index < -0.39 is 11.7 Å². The summed E-state index contributed by atoms with van der Waals surface area (Å²) in [5, 5.41) is 11.8. The summed E-state index contributed by atoms with van der Waals surface area (Å²) < 4.78 is 11.1. The van der Waals surface area contributed by atoms with Crippen LogP contribution in [0.25, 0.3) is 6.08 Å². The van der Waals surface area contributed by atoms with E-state index in [1.54, 1.807) is 39.0 Å². The van der Waals surface area contributed by atoms with Crippen LogP contribution in [0.1, 0.15) is 26.3 Å². The van der Waals surface area contributed by atoms with Crippen LogP contribution in [-0.2, 0) is 4.74 Å². The van der Waals surface area contributed by atoms with Crippen molar-refractivity contribution in [2.75, 3.05) is 13.2 Å². The molecular weight excluding hydrogens is 374 g/mol. The molecule has 0 aromatic heterocycles. The van der Waals surface area contributed by atoms with E-state index in [2.05, 4.69) is 21.2 Å².